The maximum absolute atomic E-state index is 4.01. The van der Waals surface area contributed by atoms with Crippen molar-refractivity contribution in [2.24, 2.45) is 5.92 Å². The van der Waals surface area contributed by atoms with Crippen LogP contribution in [0.4, 0.5) is 0 Å². The van der Waals surface area contributed by atoms with Gasteiger partial charge in [0.15, 0.2) is 0 Å². The topological polar surface area (TPSA) is 0 Å². The molecular weight excluding hydrogens is 139 g/mol. The second-order valence-electron chi connectivity index (χ2n) is 2.47. The molecule has 0 aromatic carbocycles. The molecule has 0 aromatic rings. The summed E-state index contributed by atoms with van der Waals surface area (Å²) in [6, 6.07) is 0. The highest BCUT2D eigenvalue weighted by atomic mass is 32.1. The van der Waals surface area contributed by atoms with E-state index in [1.165, 1.54) is 5.57 Å². The molecule has 0 heterocycles. The van der Waals surface area contributed by atoms with Gasteiger partial charge in [-0.3, -0.25) is 0 Å². The maximum Gasteiger partial charge on any atom is 0.138 e. The minimum Gasteiger partial charge on any atom is -0.151 e. The highest BCUT2D eigenvalue weighted by Gasteiger charge is 1.95. The third-order valence-electron chi connectivity index (χ3n) is 1.29. The molecule has 0 amide bonds. The van der Waals surface area contributed by atoms with Crippen molar-refractivity contribution in [1.82, 2.24) is 0 Å². The summed E-state index contributed by atoms with van der Waals surface area (Å²) >= 11 is 4.01. The molecule has 0 N–H and O–H groups in total. The Morgan fingerprint density at radius 1 is 1.50 bits per heavy atom. The first kappa shape index (κ1) is 9.89. The van der Waals surface area contributed by atoms with Crippen LogP contribution in [0.15, 0.2) is 23.0 Å². The van der Waals surface area contributed by atoms with Gasteiger partial charge in [-0.1, -0.05) is 32.3 Å². The summed E-state index contributed by atoms with van der Waals surface area (Å²) in [5.74, 6) is 2.69. The fraction of sp³-hybridized carbons (Fsp3) is 0.500. The molecule has 2 heteroatoms. The Labute approximate surface area is 70.1 Å². The van der Waals surface area contributed by atoms with Crippen LogP contribution in [-0.4, -0.2) is 7.28 Å². The van der Waals surface area contributed by atoms with Gasteiger partial charge in [0.05, 0.1) is 0 Å². The van der Waals surface area contributed by atoms with Gasteiger partial charge in [-0.25, -0.2) is 0 Å². The zero-order valence-corrected chi connectivity index (χ0v) is 7.73. The van der Waals surface area contributed by atoms with Crippen LogP contribution in [0.1, 0.15) is 13.8 Å². The van der Waals surface area contributed by atoms with Gasteiger partial charge in [-0.05, 0) is 11.3 Å². The van der Waals surface area contributed by atoms with E-state index >= 15 is 0 Å². The van der Waals surface area contributed by atoms with Crippen LogP contribution in [0.25, 0.3) is 0 Å². The Balaban J connectivity index is 4.11. The van der Waals surface area contributed by atoms with Gasteiger partial charge in [0.1, 0.15) is 7.28 Å². The van der Waals surface area contributed by atoms with Crippen molar-refractivity contribution in [1.29, 1.82) is 0 Å². The first-order chi connectivity index (χ1) is 4.72. The van der Waals surface area contributed by atoms with Crippen molar-refractivity contribution < 1.29 is 0 Å². The lowest BCUT2D eigenvalue weighted by molar-refractivity contribution is 0.794. The van der Waals surface area contributed by atoms with Crippen molar-refractivity contribution in [2.75, 3.05) is 0 Å². The fourth-order valence-electron chi connectivity index (χ4n) is 0.719. The van der Waals surface area contributed by atoms with Crippen LogP contribution in [-0.2, 0) is 0 Å². The fourth-order valence-corrected chi connectivity index (χ4v) is 0.891. The van der Waals surface area contributed by atoms with E-state index in [1.54, 1.807) is 5.41 Å². The van der Waals surface area contributed by atoms with Crippen LogP contribution < -0.4 is 0 Å². The molecule has 1 radical (unpaired) electrons. The van der Waals surface area contributed by atoms with Gasteiger partial charge in [0.2, 0.25) is 0 Å². The Morgan fingerprint density at radius 2 is 2.10 bits per heavy atom. The normalized spacial score (nSPS) is 13.1. The smallest absolute Gasteiger partial charge is 0.138 e. The van der Waals surface area contributed by atoms with Crippen LogP contribution in [0.2, 0.25) is 6.82 Å². The van der Waals surface area contributed by atoms with E-state index in [1.807, 2.05) is 20.2 Å². The van der Waals surface area contributed by atoms with Gasteiger partial charge in [0, 0.05) is 0 Å². The molecule has 0 aliphatic heterocycles. The largest absolute Gasteiger partial charge is 0.151 e. The van der Waals surface area contributed by atoms with Crippen molar-refractivity contribution in [2.45, 2.75) is 20.7 Å². The van der Waals surface area contributed by atoms with E-state index in [9.17, 15) is 0 Å². The monoisotopic (exact) mass is 153 g/mol. The number of allylic oxidation sites excluding steroid dienone is 2. The van der Waals surface area contributed by atoms with Gasteiger partial charge in [0.25, 0.3) is 0 Å². The van der Waals surface area contributed by atoms with Crippen molar-refractivity contribution in [3.05, 3.63) is 23.0 Å². The summed E-state index contributed by atoms with van der Waals surface area (Å²) in [5.41, 5.74) is 1.32. The standard InChI is InChI=1S/C8H14BS/c1-7(2)8(4-5-10)6-9-3/h4-7,10H,1-3H3/b5-4-,8-6+. The summed E-state index contributed by atoms with van der Waals surface area (Å²) in [6.45, 7) is 6.36. The van der Waals surface area contributed by atoms with E-state index in [-0.39, 0.29) is 0 Å². The summed E-state index contributed by atoms with van der Waals surface area (Å²) in [5, 5.41) is 1.77. The molecule has 0 atom stereocenters. The Hall–Kier alpha value is -0.105. The van der Waals surface area contributed by atoms with E-state index in [0.29, 0.717) is 5.92 Å². The highest BCUT2D eigenvalue weighted by molar-refractivity contribution is 7.83. The molecule has 0 bridgehead atoms. The Morgan fingerprint density at radius 3 is 2.40 bits per heavy atom. The predicted molar refractivity (Wildman–Crippen MR) is 52.7 cm³/mol. The first-order valence-corrected chi connectivity index (χ1v) is 4.04. The molecular formula is C8H14BS. The van der Waals surface area contributed by atoms with Crippen molar-refractivity contribution in [3.63, 3.8) is 0 Å². The average molecular weight is 153 g/mol. The van der Waals surface area contributed by atoms with Gasteiger partial charge < -0.3 is 0 Å². The molecule has 0 nitrogen and oxygen atoms in total. The molecule has 0 aliphatic rings. The number of rotatable bonds is 3. The lowest BCUT2D eigenvalue weighted by atomic mass is 9.78. The number of hydrogen-bond donors (Lipinski definition) is 1. The quantitative estimate of drug-likeness (QED) is 0.359. The predicted octanol–water partition coefficient (Wildman–Crippen LogP) is 2.72. The molecule has 0 saturated heterocycles. The van der Waals surface area contributed by atoms with Crippen LogP contribution >= 0.6 is 12.6 Å². The Bertz CT molecular complexity index is 136. The van der Waals surface area contributed by atoms with Crippen molar-refractivity contribution >= 4 is 19.9 Å². The molecule has 0 saturated carbocycles. The summed E-state index contributed by atoms with van der Waals surface area (Å²) in [4.78, 5) is 0. The number of hydrogen-bond acceptors (Lipinski definition) is 1. The zero-order valence-electron chi connectivity index (χ0n) is 6.83. The van der Waals surface area contributed by atoms with Gasteiger partial charge in [-0.2, -0.15) is 12.6 Å². The second kappa shape index (κ2) is 5.66. The molecule has 0 fully saturated rings. The molecule has 0 aliphatic carbocycles. The van der Waals surface area contributed by atoms with E-state index in [2.05, 4.69) is 32.5 Å². The van der Waals surface area contributed by atoms with Crippen LogP contribution in [0.3, 0.4) is 0 Å². The molecule has 0 spiro atoms. The summed E-state index contributed by atoms with van der Waals surface area (Å²) in [6.07, 6.45) is 2.02. The SMILES string of the molecule is C[B]/C=C(\C=C/S)C(C)C. The maximum atomic E-state index is 4.01. The molecule has 0 unspecified atom stereocenters. The lowest BCUT2D eigenvalue weighted by Crippen LogP contribution is -1.91. The summed E-state index contributed by atoms with van der Waals surface area (Å²) in [7, 11) is 2.04. The lowest BCUT2D eigenvalue weighted by Gasteiger charge is -2.04. The molecule has 55 valence electrons. The van der Waals surface area contributed by atoms with E-state index in [0.717, 1.165) is 0 Å². The second-order valence-corrected chi connectivity index (χ2v) is 2.77. The van der Waals surface area contributed by atoms with E-state index in [4.69, 9.17) is 0 Å². The number of thiol groups is 1. The Kier molecular flexibility index (Phi) is 5.60. The van der Waals surface area contributed by atoms with E-state index < -0.39 is 0 Å². The van der Waals surface area contributed by atoms with Crippen LogP contribution in [0.5, 0.6) is 0 Å². The third-order valence-corrected chi connectivity index (χ3v) is 1.44. The molecule has 0 aromatic heterocycles. The van der Waals surface area contributed by atoms with Gasteiger partial charge >= 0.3 is 0 Å². The molecule has 0 rings (SSSR count). The summed E-state index contributed by atoms with van der Waals surface area (Å²) < 4.78 is 0. The minimum atomic E-state index is 0.583. The average Bonchev–Trinajstić information content (AvgIpc) is 1.87. The third kappa shape index (κ3) is 3.83. The highest BCUT2D eigenvalue weighted by Crippen LogP contribution is 2.10. The first-order valence-electron chi connectivity index (χ1n) is 3.52. The zero-order chi connectivity index (χ0) is 7.98. The minimum absolute atomic E-state index is 0.583. The van der Waals surface area contributed by atoms with Crippen LogP contribution in [0, 0.1) is 5.92 Å². The molecule has 10 heavy (non-hydrogen) atoms. The van der Waals surface area contributed by atoms with Gasteiger partial charge in [-0.15, -0.1) is 5.98 Å². The van der Waals surface area contributed by atoms with Crippen molar-refractivity contribution in [3.8, 4) is 0 Å².